The Morgan fingerprint density at radius 1 is 1.28 bits per heavy atom. The molecule has 0 saturated heterocycles. The Morgan fingerprint density at radius 2 is 1.94 bits per heavy atom. The zero-order chi connectivity index (χ0) is 13.8. The van der Waals surface area contributed by atoms with Gasteiger partial charge in [-0.2, -0.15) is 0 Å². The Bertz CT molecular complexity index is 408. The normalized spacial score (nSPS) is 13.2. The van der Waals surface area contributed by atoms with Crippen molar-refractivity contribution >= 4 is 6.08 Å². The van der Waals surface area contributed by atoms with E-state index in [-0.39, 0.29) is 5.54 Å². The maximum atomic E-state index is 3.57. The highest BCUT2D eigenvalue weighted by Gasteiger charge is 2.11. The molecular weight excluding hydrogens is 218 g/mol. The third-order valence-corrected chi connectivity index (χ3v) is 2.96. The fourth-order valence-corrected chi connectivity index (χ4v) is 1.76. The first-order chi connectivity index (χ1) is 8.28. The molecule has 0 atom stereocenters. The number of hydrogen-bond acceptors (Lipinski definition) is 1. The predicted molar refractivity (Wildman–Crippen MR) is 81.7 cm³/mol. The van der Waals surface area contributed by atoms with Crippen LogP contribution in [0.2, 0.25) is 0 Å². The van der Waals surface area contributed by atoms with Crippen LogP contribution in [0.1, 0.15) is 45.7 Å². The summed E-state index contributed by atoms with van der Waals surface area (Å²) in [5, 5.41) is 3.57. The van der Waals surface area contributed by atoms with Gasteiger partial charge in [0.25, 0.3) is 0 Å². The molecule has 0 unspecified atom stereocenters. The van der Waals surface area contributed by atoms with Crippen molar-refractivity contribution in [2.24, 2.45) is 5.92 Å². The minimum atomic E-state index is 0.167. The van der Waals surface area contributed by atoms with Gasteiger partial charge in [-0.25, -0.2) is 0 Å². The van der Waals surface area contributed by atoms with Crippen LogP contribution in [0.15, 0.2) is 29.8 Å². The first-order valence-corrected chi connectivity index (χ1v) is 6.80. The van der Waals surface area contributed by atoms with Crippen molar-refractivity contribution < 1.29 is 0 Å². The molecule has 18 heavy (non-hydrogen) atoms. The maximum Gasteiger partial charge on any atom is 0.0175 e. The summed E-state index contributed by atoms with van der Waals surface area (Å²) in [6.07, 6.45) is 2.32. The van der Waals surface area contributed by atoms with E-state index < -0.39 is 0 Å². The first kappa shape index (κ1) is 15.0. The van der Waals surface area contributed by atoms with Gasteiger partial charge in [0.05, 0.1) is 0 Å². The van der Waals surface area contributed by atoms with Gasteiger partial charge in [0.1, 0.15) is 0 Å². The van der Waals surface area contributed by atoms with Crippen LogP contribution >= 0.6 is 0 Å². The summed E-state index contributed by atoms with van der Waals surface area (Å²) in [4.78, 5) is 0. The quantitative estimate of drug-likeness (QED) is 0.828. The molecule has 0 radical (unpaired) electrons. The van der Waals surface area contributed by atoms with Gasteiger partial charge in [-0.3, -0.25) is 0 Å². The van der Waals surface area contributed by atoms with E-state index in [1.165, 1.54) is 16.7 Å². The summed E-state index contributed by atoms with van der Waals surface area (Å²) in [5.41, 5.74) is 4.24. The Morgan fingerprint density at radius 3 is 2.44 bits per heavy atom. The minimum absolute atomic E-state index is 0.167. The lowest BCUT2D eigenvalue weighted by molar-refractivity contribution is 0.437. The Labute approximate surface area is 112 Å². The zero-order valence-electron chi connectivity index (χ0n) is 12.7. The van der Waals surface area contributed by atoms with Crippen LogP contribution in [0.4, 0.5) is 0 Å². The summed E-state index contributed by atoms with van der Waals surface area (Å²) in [6.45, 7) is 14.2. The van der Waals surface area contributed by atoms with E-state index in [4.69, 9.17) is 0 Å². The molecule has 0 aromatic heterocycles. The van der Waals surface area contributed by atoms with Gasteiger partial charge in [0.2, 0.25) is 0 Å². The smallest absolute Gasteiger partial charge is 0.0175 e. The van der Waals surface area contributed by atoms with Crippen molar-refractivity contribution in [2.45, 2.75) is 47.1 Å². The molecule has 0 heterocycles. The van der Waals surface area contributed by atoms with Gasteiger partial charge >= 0.3 is 0 Å². The molecule has 1 heteroatoms. The number of hydrogen-bond donors (Lipinski definition) is 1. The van der Waals surface area contributed by atoms with Crippen molar-refractivity contribution in [1.29, 1.82) is 0 Å². The molecule has 0 aliphatic carbocycles. The van der Waals surface area contributed by atoms with Gasteiger partial charge in [0, 0.05) is 12.1 Å². The lowest BCUT2D eigenvalue weighted by atomic mass is 9.98. The Balaban J connectivity index is 2.85. The fraction of sp³-hybridized carbons (Fsp3) is 0.529. The molecule has 0 bridgehead atoms. The van der Waals surface area contributed by atoms with Crippen molar-refractivity contribution in [2.75, 3.05) is 6.54 Å². The predicted octanol–water partition coefficient (Wildman–Crippen LogP) is 4.42. The average molecular weight is 245 g/mol. The van der Waals surface area contributed by atoms with Gasteiger partial charge in [-0.05, 0) is 39.2 Å². The molecule has 0 aliphatic rings. The molecule has 1 aromatic rings. The second-order valence-corrected chi connectivity index (χ2v) is 6.39. The average Bonchev–Trinajstić information content (AvgIpc) is 2.22. The van der Waals surface area contributed by atoms with Crippen LogP contribution in [0, 0.1) is 12.8 Å². The Hall–Kier alpha value is -1.08. The van der Waals surface area contributed by atoms with Crippen molar-refractivity contribution in [3.63, 3.8) is 0 Å². The van der Waals surface area contributed by atoms with E-state index >= 15 is 0 Å². The van der Waals surface area contributed by atoms with E-state index in [1.807, 2.05) is 0 Å². The summed E-state index contributed by atoms with van der Waals surface area (Å²) in [7, 11) is 0. The van der Waals surface area contributed by atoms with Crippen LogP contribution in [0.5, 0.6) is 0 Å². The molecule has 0 fully saturated rings. The van der Waals surface area contributed by atoms with Gasteiger partial charge < -0.3 is 5.32 Å². The molecule has 0 aliphatic heterocycles. The first-order valence-electron chi connectivity index (χ1n) is 6.80. The summed E-state index contributed by atoms with van der Waals surface area (Å²) < 4.78 is 0. The third-order valence-electron chi connectivity index (χ3n) is 2.96. The fourth-order valence-electron chi connectivity index (χ4n) is 1.76. The van der Waals surface area contributed by atoms with Gasteiger partial charge in [-0.1, -0.05) is 55.3 Å². The van der Waals surface area contributed by atoms with Gasteiger partial charge in [0.15, 0.2) is 0 Å². The molecule has 100 valence electrons. The molecule has 1 rings (SSSR count). The van der Waals surface area contributed by atoms with Crippen molar-refractivity contribution in [3.05, 3.63) is 41.0 Å². The number of nitrogens with one attached hydrogen (secondary N) is 1. The summed E-state index contributed by atoms with van der Waals surface area (Å²) >= 11 is 0. The van der Waals surface area contributed by atoms with Crippen molar-refractivity contribution in [3.8, 4) is 0 Å². The van der Waals surface area contributed by atoms with Crippen LogP contribution in [-0.4, -0.2) is 12.1 Å². The largest absolute Gasteiger partial charge is 0.308 e. The van der Waals surface area contributed by atoms with Crippen LogP contribution < -0.4 is 5.32 Å². The molecule has 1 aromatic carbocycles. The molecular formula is C17H27N. The lowest BCUT2D eigenvalue weighted by Crippen LogP contribution is -2.37. The summed E-state index contributed by atoms with van der Waals surface area (Å²) in [5.74, 6) is 0.570. The molecule has 1 nitrogen and oxygen atoms in total. The van der Waals surface area contributed by atoms with Crippen LogP contribution in [0.3, 0.4) is 0 Å². The number of aryl methyl sites for hydroxylation is 1. The number of benzene rings is 1. The van der Waals surface area contributed by atoms with Crippen LogP contribution in [-0.2, 0) is 0 Å². The topological polar surface area (TPSA) is 12.0 Å². The van der Waals surface area contributed by atoms with E-state index in [1.54, 1.807) is 0 Å². The highest BCUT2D eigenvalue weighted by Crippen LogP contribution is 2.16. The highest BCUT2D eigenvalue weighted by atomic mass is 14.9. The highest BCUT2D eigenvalue weighted by molar-refractivity contribution is 5.54. The van der Waals surface area contributed by atoms with E-state index in [0.717, 1.165) is 6.54 Å². The molecule has 0 spiro atoms. The molecule has 0 saturated carbocycles. The summed E-state index contributed by atoms with van der Waals surface area (Å²) in [6, 6.07) is 8.67. The second kappa shape index (κ2) is 6.19. The zero-order valence-corrected chi connectivity index (χ0v) is 12.7. The lowest BCUT2D eigenvalue weighted by Gasteiger charge is -2.23. The SMILES string of the molecule is Cc1cccc(C=C(CNC(C)(C)C)C(C)C)c1. The maximum absolute atomic E-state index is 3.57. The van der Waals surface area contributed by atoms with E-state index in [9.17, 15) is 0 Å². The third kappa shape index (κ3) is 5.50. The Kier molecular flexibility index (Phi) is 5.15. The molecule has 1 N–H and O–H groups in total. The van der Waals surface area contributed by atoms with E-state index in [2.05, 4.69) is 77.2 Å². The second-order valence-electron chi connectivity index (χ2n) is 6.39. The standard InChI is InChI=1S/C17H27N/c1-13(2)16(12-18-17(4,5)6)11-15-9-7-8-14(3)10-15/h7-11,13,18H,12H2,1-6H3. The monoisotopic (exact) mass is 245 g/mol. The van der Waals surface area contributed by atoms with E-state index in [0.29, 0.717) is 5.92 Å². The van der Waals surface area contributed by atoms with Crippen molar-refractivity contribution in [1.82, 2.24) is 5.32 Å². The van der Waals surface area contributed by atoms with Gasteiger partial charge in [-0.15, -0.1) is 0 Å². The molecule has 0 amide bonds. The minimum Gasteiger partial charge on any atom is -0.308 e. The van der Waals surface area contributed by atoms with Crippen LogP contribution in [0.25, 0.3) is 6.08 Å². The number of rotatable bonds is 4.